The Balaban J connectivity index is 2.32. The van der Waals surface area contributed by atoms with Gasteiger partial charge >= 0.3 is 0 Å². The lowest BCUT2D eigenvalue weighted by Crippen LogP contribution is -2.34. The number of phenolic OH excluding ortho intramolecular Hbond substituents is 1. The van der Waals surface area contributed by atoms with Crippen molar-refractivity contribution in [3.8, 4) is 11.5 Å². The average molecular weight is 419 g/mol. The number of nitrogens with one attached hydrogen (secondary N) is 1. The Labute approximate surface area is 175 Å². The van der Waals surface area contributed by atoms with Gasteiger partial charge in [0.05, 0.1) is 12.8 Å². The smallest absolute Gasteiger partial charge is 0.273 e. The molecule has 0 saturated heterocycles. The van der Waals surface area contributed by atoms with Crippen molar-refractivity contribution >= 4 is 28.9 Å². The highest BCUT2D eigenvalue weighted by atomic mass is 35.5. The monoisotopic (exact) mass is 418 g/mol. The van der Waals surface area contributed by atoms with Gasteiger partial charge < -0.3 is 20.9 Å². The number of nitrogens with two attached hydrogens (primary N) is 2. The molecule has 0 saturated carbocycles. The van der Waals surface area contributed by atoms with Crippen molar-refractivity contribution in [1.82, 2.24) is 0 Å². The summed E-state index contributed by atoms with van der Waals surface area (Å²) in [5, 5.41) is 14.4. The Hall–Kier alpha value is -2.90. The molecule has 29 heavy (non-hydrogen) atoms. The molecular weight excluding hydrogens is 392 g/mol. The molecule has 0 aliphatic rings. The van der Waals surface area contributed by atoms with Crippen molar-refractivity contribution in [3.63, 3.8) is 0 Å². The summed E-state index contributed by atoms with van der Waals surface area (Å²) in [5.41, 5.74) is 7.82. The van der Waals surface area contributed by atoms with Crippen LogP contribution in [0.1, 0.15) is 33.3 Å². The number of rotatable bonds is 5. The predicted octanol–water partition coefficient (Wildman–Crippen LogP) is 3.86. The van der Waals surface area contributed by atoms with Crippen LogP contribution in [0.5, 0.6) is 11.5 Å². The molecule has 0 unspecified atom stereocenters. The highest BCUT2D eigenvalue weighted by Gasteiger charge is 2.19. The number of carbonyl (C=O) groups is 1. The van der Waals surface area contributed by atoms with Crippen LogP contribution in [0.3, 0.4) is 0 Å². The Morgan fingerprint density at radius 1 is 1.21 bits per heavy atom. The van der Waals surface area contributed by atoms with Gasteiger partial charge in [-0.3, -0.25) is 9.80 Å². The van der Waals surface area contributed by atoms with E-state index < -0.39 is 5.91 Å². The summed E-state index contributed by atoms with van der Waals surface area (Å²) in [4.78, 5) is 12.7. The van der Waals surface area contributed by atoms with E-state index in [0.29, 0.717) is 27.8 Å². The van der Waals surface area contributed by atoms with Crippen molar-refractivity contribution in [2.24, 2.45) is 11.6 Å². The van der Waals surface area contributed by atoms with E-state index in [0.717, 1.165) is 5.56 Å². The fourth-order valence-corrected chi connectivity index (χ4v) is 2.81. The number of amides is 1. The summed E-state index contributed by atoms with van der Waals surface area (Å²) in [6.07, 6.45) is 0. The van der Waals surface area contributed by atoms with Crippen molar-refractivity contribution in [2.45, 2.75) is 33.1 Å². The summed E-state index contributed by atoms with van der Waals surface area (Å²) in [5.74, 6) is 6.14. The lowest BCUT2D eigenvalue weighted by Gasteiger charge is -2.23. The molecular formula is C21H27ClN4O3. The zero-order valence-corrected chi connectivity index (χ0v) is 18.0. The SMILES string of the molecule is COc1ccc(Cl)cc1N(N)/C(C)=C(\N)C(=O)Nc1cc(O)cc(C(C)(C)C)c1. The second-order valence-electron chi connectivity index (χ2n) is 7.66. The number of methoxy groups -OCH3 is 1. The van der Waals surface area contributed by atoms with Gasteiger partial charge in [-0.15, -0.1) is 0 Å². The molecule has 8 heteroatoms. The first kappa shape index (κ1) is 22.4. The molecule has 0 aliphatic carbocycles. The Morgan fingerprint density at radius 3 is 2.45 bits per heavy atom. The summed E-state index contributed by atoms with van der Waals surface area (Å²) in [6.45, 7) is 7.64. The predicted molar refractivity (Wildman–Crippen MR) is 117 cm³/mol. The number of ether oxygens (including phenoxy) is 1. The molecule has 1 amide bonds. The van der Waals surface area contributed by atoms with Crippen LogP contribution in [-0.4, -0.2) is 18.1 Å². The van der Waals surface area contributed by atoms with Crippen LogP contribution in [0.15, 0.2) is 47.8 Å². The van der Waals surface area contributed by atoms with E-state index in [2.05, 4.69) is 5.32 Å². The number of halogens is 1. The Kier molecular flexibility index (Phi) is 6.66. The number of carbonyl (C=O) groups excluding carboxylic acids is 1. The van der Waals surface area contributed by atoms with Gasteiger partial charge in [0, 0.05) is 16.8 Å². The van der Waals surface area contributed by atoms with Crippen molar-refractivity contribution in [1.29, 1.82) is 0 Å². The van der Waals surface area contributed by atoms with E-state index in [1.807, 2.05) is 20.8 Å². The fraction of sp³-hybridized carbons (Fsp3) is 0.286. The van der Waals surface area contributed by atoms with Gasteiger partial charge in [-0.2, -0.15) is 0 Å². The summed E-state index contributed by atoms with van der Waals surface area (Å²) >= 11 is 6.05. The van der Waals surface area contributed by atoms with Crippen LogP contribution in [0.4, 0.5) is 11.4 Å². The largest absolute Gasteiger partial charge is 0.508 e. The molecule has 6 N–H and O–H groups in total. The minimum Gasteiger partial charge on any atom is -0.508 e. The number of hydrogen-bond acceptors (Lipinski definition) is 6. The summed E-state index contributed by atoms with van der Waals surface area (Å²) < 4.78 is 5.29. The summed E-state index contributed by atoms with van der Waals surface area (Å²) in [7, 11) is 1.50. The normalized spacial score (nSPS) is 12.2. The Bertz CT molecular complexity index is 951. The van der Waals surface area contributed by atoms with E-state index in [1.165, 1.54) is 18.2 Å². The van der Waals surface area contributed by atoms with E-state index >= 15 is 0 Å². The second kappa shape index (κ2) is 8.63. The molecule has 0 radical (unpaired) electrons. The fourth-order valence-electron chi connectivity index (χ4n) is 2.64. The number of hydrogen-bond donors (Lipinski definition) is 4. The molecule has 0 aromatic heterocycles. The molecule has 0 aliphatic heterocycles. The maximum Gasteiger partial charge on any atom is 0.273 e. The van der Waals surface area contributed by atoms with Gasteiger partial charge in [0.2, 0.25) is 0 Å². The molecule has 2 rings (SSSR count). The first-order chi connectivity index (χ1) is 13.4. The van der Waals surface area contributed by atoms with Gasteiger partial charge in [0.25, 0.3) is 5.91 Å². The van der Waals surface area contributed by atoms with Crippen LogP contribution >= 0.6 is 11.6 Å². The number of hydrazine groups is 1. The lowest BCUT2D eigenvalue weighted by molar-refractivity contribution is -0.113. The van der Waals surface area contributed by atoms with E-state index in [1.54, 1.807) is 37.3 Å². The summed E-state index contributed by atoms with van der Waals surface area (Å²) in [6, 6.07) is 9.85. The third-order valence-electron chi connectivity index (χ3n) is 4.44. The first-order valence-corrected chi connectivity index (χ1v) is 9.32. The van der Waals surface area contributed by atoms with E-state index in [-0.39, 0.29) is 16.9 Å². The number of phenols is 1. The van der Waals surface area contributed by atoms with Gasteiger partial charge in [0.1, 0.15) is 22.9 Å². The minimum absolute atomic E-state index is 0.0520. The van der Waals surface area contributed by atoms with Crippen LogP contribution in [0.25, 0.3) is 0 Å². The van der Waals surface area contributed by atoms with Crippen LogP contribution in [0.2, 0.25) is 5.02 Å². The van der Waals surface area contributed by atoms with Gasteiger partial charge in [0.15, 0.2) is 0 Å². The first-order valence-electron chi connectivity index (χ1n) is 8.94. The highest BCUT2D eigenvalue weighted by Crippen LogP contribution is 2.32. The quantitative estimate of drug-likeness (QED) is 0.333. The molecule has 2 aromatic rings. The van der Waals surface area contributed by atoms with Crippen molar-refractivity contribution < 1.29 is 14.6 Å². The number of nitrogens with zero attached hydrogens (tertiary/aromatic N) is 1. The lowest BCUT2D eigenvalue weighted by atomic mass is 9.86. The van der Waals surface area contributed by atoms with Crippen LogP contribution in [-0.2, 0) is 10.2 Å². The number of anilines is 2. The van der Waals surface area contributed by atoms with Crippen LogP contribution in [0, 0.1) is 0 Å². The zero-order valence-electron chi connectivity index (χ0n) is 17.2. The third kappa shape index (κ3) is 5.34. The average Bonchev–Trinajstić information content (AvgIpc) is 2.64. The van der Waals surface area contributed by atoms with Crippen molar-refractivity contribution in [2.75, 3.05) is 17.4 Å². The van der Waals surface area contributed by atoms with Crippen molar-refractivity contribution in [3.05, 3.63) is 58.4 Å². The van der Waals surface area contributed by atoms with Crippen LogP contribution < -0.4 is 26.6 Å². The van der Waals surface area contributed by atoms with Gasteiger partial charge in [-0.05, 0) is 48.2 Å². The van der Waals surface area contributed by atoms with Gasteiger partial charge in [-0.25, -0.2) is 5.84 Å². The van der Waals surface area contributed by atoms with Gasteiger partial charge in [-0.1, -0.05) is 32.4 Å². The number of allylic oxidation sites excluding steroid dienone is 1. The van der Waals surface area contributed by atoms with E-state index in [4.69, 9.17) is 27.9 Å². The highest BCUT2D eigenvalue weighted by molar-refractivity contribution is 6.31. The molecule has 156 valence electrons. The maximum atomic E-state index is 12.7. The molecule has 0 fully saturated rings. The molecule has 0 spiro atoms. The topological polar surface area (TPSA) is 114 Å². The zero-order chi connectivity index (χ0) is 21.9. The number of aromatic hydroxyl groups is 1. The number of benzene rings is 2. The molecule has 0 heterocycles. The molecule has 7 nitrogen and oxygen atoms in total. The molecule has 0 atom stereocenters. The Morgan fingerprint density at radius 2 is 1.86 bits per heavy atom. The maximum absolute atomic E-state index is 12.7. The minimum atomic E-state index is -0.551. The third-order valence-corrected chi connectivity index (χ3v) is 4.67. The second-order valence-corrected chi connectivity index (χ2v) is 8.09. The molecule has 0 bridgehead atoms. The van der Waals surface area contributed by atoms with E-state index in [9.17, 15) is 9.90 Å². The standard InChI is InChI=1S/C21H27ClN4O3/c1-12(26(24)17-10-14(22)6-7-18(17)29-5)19(23)20(28)25-15-8-13(21(2,3)4)9-16(27)11-15/h6-11,27H,23-24H2,1-5H3,(H,25,28)/b19-12-. The molecule has 2 aromatic carbocycles.